The summed E-state index contributed by atoms with van der Waals surface area (Å²) >= 11 is 3.22. The summed E-state index contributed by atoms with van der Waals surface area (Å²) in [5.41, 5.74) is 1.09. The van der Waals surface area contributed by atoms with Crippen LogP contribution in [-0.4, -0.2) is 15.0 Å². The smallest absolute Gasteiger partial charge is 0.313 e. The van der Waals surface area contributed by atoms with Crippen molar-refractivity contribution in [1.82, 2.24) is 4.98 Å². The Morgan fingerprint density at radius 3 is 2.76 bits per heavy atom. The first-order valence-corrected chi connectivity index (χ1v) is 6.94. The van der Waals surface area contributed by atoms with Crippen molar-refractivity contribution < 1.29 is 14.8 Å². The monoisotopic (exact) mass is 352 g/mol. The molecule has 0 saturated heterocycles. The van der Waals surface area contributed by atoms with Gasteiger partial charge in [-0.15, -0.1) is 0 Å². The molecule has 1 aromatic carbocycles. The molecule has 0 saturated carbocycles. The van der Waals surface area contributed by atoms with Gasteiger partial charge in [0, 0.05) is 28.4 Å². The first kappa shape index (κ1) is 15.4. The van der Waals surface area contributed by atoms with Crippen LogP contribution in [0.3, 0.4) is 0 Å². The number of nitro benzene ring substituents is 1. The van der Waals surface area contributed by atoms with E-state index in [1.165, 1.54) is 12.3 Å². The lowest BCUT2D eigenvalue weighted by Gasteiger charge is -2.10. The number of ether oxygens (including phenoxy) is 1. The first-order chi connectivity index (χ1) is 9.88. The molecule has 0 fully saturated rings. The maximum atomic E-state index is 11.1. The van der Waals surface area contributed by atoms with Crippen LogP contribution >= 0.6 is 15.9 Å². The van der Waals surface area contributed by atoms with E-state index in [0.717, 1.165) is 0 Å². The number of aryl methyl sites for hydroxylation is 1. The largest absolute Gasteiger partial charge is 0.432 e. The molecule has 1 atom stereocenters. The van der Waals surface area contributed by atoms with Crippen molar-refractivity contribution in [2.45, 2.75) is 20.0 Å². The second-order valence-electron chi connectivity index (χ2n) is 4.53. The maximum absolute atomic E-state index is 11.1. The van der Waals surface area contributed by atoms with Crippen LogP contribution in [0.2, 0.25) is 0 Å². The Morgan fingerprint density at radius 1 is 1.43 bits per heavy atom. The van der Waals surface area contributed by atoms with Crippen molar-refractivity contribution in [3.8, 4) is 11.6 Å². The zero-order valence-electron chi connectivity index (χ0n) is 11.4. The predicted molar refractivity (Wildman–Crippen MR) is 80.5 cm³/mol. The lowest BCUT2D eigenvalue weighted by atomic mass is 10.2. The van der Waals surface area contributed by atoms with Crippen LogP contribution in [0.5, 0.6) is 11.6 Å². The van der Waals surface area contributed by atoms with Gasteiger partial charge in [-0.25, -0.2) is 4.98 Å². The molecule has 0 amide bonds. The lowest BCUT2D eigenvalue weighted by Crippen LogP contribution is -1.98. The highest BCUT2D eigenvalue weighted by Gasteiger charge is 2.20. The summed E-state index contributed by atoms with van der Waals surface area (Å²) in [6.07, 6.45) is 0.813. The number of rotatable bonds is 4. The van der Waals surface area contributed by atoms with E-state index in [0.29, 0.717) is 15.6 Å². The third-order valence-corrected chi connectivity index (χ3v) is 3.32. The summed E-state index contributed by atoms with van der Waals surface area (Å²) in [5, 5.41) is 20.7. The van der Waals surface area contributed by atoms with Crippen LogP contribution in [0.15, 0.2) is 34.9 Å². The molecule has 1 N–H and O–H groups in total. The number of benzene rings is 1. The van der Waals surface area contributed by atoms with Gasteiger partial charge in [-0.3, -0.25) is 10.1 Å². The highest BCUT2D eigenvalue weighted by Crippen LogP contribution is 2.36. The Hall–Kier alpha value is -1.99. The number of nitrogens with zero attached hydrogens (tertiary/aromatic N) is 2. The molecular weight excluding hydrogens is 340 g/mol. The zero-order chi connectivity index (χ0) is 15.6. The molecular formula is C14H13BrN2O4. The van der Waals surface area contributed by atoms with Crippen molar-refractivity contribution in [1.29, 1.82) is 0 Å². The van der Waals surface area contributed by atoms with E-state index in [9.17, 15) is 15.2 Å². The number of halogens is 1. The van der Waals surface area contributed by atoms with E-state index in [2.05, 4.69) is 20.9 Å². The number of pyridine rings is 1. The average Bonchev–Trinajstić information content (AvgIpc) is 2.41. The molecule has 6 nitrogen and oxygen atoms in total. The van der Waals surface area contributed by atoms with Gasteiger partial charge in [-0.2, -0.15) is 0 Å². The van der Waals surface area contributed by atoms with Crippen LogP contribution in [0, 0.1) is 17.0 Å². The molecule has 0 aliphatic carbocycles. The zero-order valence-corrected chi connectivity index (χ0v) is 13.0. The van der Waals surface area contributed by atoms with Crippen LogP contribution in [-0.2, 0) is 0 Å². The van der Waals surface area contributed by atoms with Gasteiger partial charge in [0.1, 0.15) is 0 Å². The molecule has 110 valence electrons. The van der Waals surface area contributed by atoms with Crippen molar-refractivity contribution in [3.63, 3.8) is 0 Å². The maximum Gasteiger partial charge on any atom is 0.313 e. The van der Waals surface area contributed by atoms with E-state index in [1.807, 2.05) is 0 Å². The third kappa shape index (κ3) is 3.56. The Kier molecular flexibility index (Phi) is 4.54. The number of hydrogen-bond donors (Lipinski definition) is 1. The quantitative estimate of drug-likeness (QED) is 0.665. The Labute approximate surface area is 129 Å². The third-order valence-electron chi connectivity index (χ3n) is 2.86. The number of nitro groups is 1. The van der Waals surface area contributed by atoms with Gasteiger partial charge in [0.25, 0.3) is 0 Å². The minimum atomic E-state index is -0.670. The van der Waals surface area contributed by atoms with E-state index in [1.54, 1.807) is 32.0 Å². The summed E-state index contributed by atoms with van der Waals surface area (Å²) < 4.78 is 6.16. The summed E-state index contributed by atoms with van der Waals surface area (Å²) in [5.74, 6) is 0.334. The number of aliphatic hydroxyl groups is 1. The van der Waals surface area contributed by atoms with Gasteiger partial charge < -0.3 is 9.84 Å². The van der Waals surface area contributed by atoms with Gasteiger partial charge in [0.15, 0.2) is 0 Å². The summed E-state index contributed by atoms with van der Waals surface area (Å²) in [7, 11) is 0. The highest BCUT2D eigenvalue weighted by molar-refractivity contribution is 9.10. The number of aromatic nitrogens is 1. The fourth-order valence-corrected chi connectivity index (χ4v) is 2.39. The van der Waals surface area contributed by atoms with Crippen LogP contribution in [0.4, 0.5) is 5.69 Å². The van der Waals surface area contributed by atoms with Crippen LogP contribution in [0.25, 0.3) is 0 Å². The molecule has 21 heavy (non-hydrogen) atoms. The van der Waals surface area contributed by atoms with Crippen LogP contribution in [0.1, 0.15) is 24.2 Å². The molecule has 0 spiro atoms. The predicted octanol–water partition coefficient (Wildman–Crippen LogP) is 3.91. The van der Waals surface area contributed by atoms with Crippen molar-refractivity contribution in [2.75, 3.05) is 0 Å². The van der Waals surface area contributed by atoms with Gasteiger partial charge in [-0.05, 0) is 31.5 Å². The summed E-state index contributed by atoms with van der Waals surface area (Å²) in [4.78, 5) is 14.6. The molecule has 0 aliphatic rings. The molecule has 0 aliphatic heterocycles. The molecule has 1 aromatic heterocycles. The molecule has 7 heteroatoms. The van der Waals surface area contributed by atoms with E-state index in [-0.39, 0.29) is 17.3 Å². The van der Waals surface area contributed by atoms with Crippen molar-refractivity contribution in [3.05, 3.63) is 56.2 Å². The van der Waals surface area contributed by atoms with E-state index >= 15 is 0 Å². The second-order valence-corrected chi connectivity index (χ2v) is 5.45. The average molecular weight is 353 g/mol. The topological polar surface area (TPSA) is 85.5 Å². The first-order valence-electron chi connectivity index (χ1n) is 6.15. The minimum absolute atomic E-state index is 0.137. The van der Waals surface area contributed by atoms with Crippen LogP contribution < -0.4 is 4.74 Å². The highest BCUT2D eigenvalue weighted by atomic mass is 79.9. The second kappa shape index (κ2) is 6.19. The molecule has 0 radical (unpaired) electrons. The summed E-state index contributed by atoms with van der Waals surface area (Å²) in [6.45, 7) is 3.33. The Morgan fingerprint density at radius 2 is 2.14 bits per heavy atom. The fraction of sp³-hybridized carbons (Fsp3) is 0.214. The molecule has 2 aromatic rings. The number of aliphatic hydroxyl groups excluding tert-OH is 1. The molecule has 1 heterocycles. The SMILES string of the molecule is Cc1cc(Br)cc([N+](=O)[O-])c1Oc1cc(C(C)O)ccn1. The number of hydrogen-bond acceptors (Lipinski definition) is 5. The van der Waals surface area contributed by atoms with Crippen molar-refractivity contribution in [2.24, 2.45) is 0 Å². The fourth-order valence-electron chi connectivity index (χ4n) is 1.83. The molecule has 1 unspecified atom stereocenters. The van der Waals surface area contributed by atoms with E-state index in [4.69, 9.17) is 4.74 Å². The standard InChI is InChI=1S/C14H13BrN2O4/c1-8-5-11(15)7-12(17(19)20)14(8)21-13-6-10(9(2)18)3-4-16-13/h3-7,9,18H,1-2H3. The summed E-state index contributed by atoms with van der Waals surface area (Å²) in [6, 6.07) is 6.30. The molecule has 2 rings (SSSR count). The van der Waals surface area contributed by atoms with Crippen molar-refractivity contribution >= 4 is 21.6 Å². The van der Waals surface area contributed by atoms with Gasteiger partial charge >= 0.3 is 5.69 Å². The van der Waals surface area contributed by atoms with Gasteiger partial charge in [-0.1, -0.05) is 15.9 Å². The Bertz CT molecular complexity index is 689. The minimum Gasteiger partial charge on any atom is -0.432 e. The Balaban J connectivity index is 2.44. The van der Waals surface area contributed by atoms with Gasteiger partial charge in [0.2, 0.25) is 11.6 Å². The normalized spacial score (nSPS) is 12.0. The lowest BCUT2D eigenvalue weighted by molar-refractivity contribution is -0.385. The van der Waals surface area contributed by atoms with Gasteiger partial charge in [0.05, 0.1) is 11.0 Å². The molecule has 0 bridgehead atoms. The van der Waals surface area contributed by atoms with E-state index < -0.39 is 11.0 Å².